The zero-order valence-corrected chi connectivity index (χ0v) is 17.2. The lowest BCUT2D eigenvalue weighted by Gasteiger charge is -2.13. The predicted octanol–water partition coefficient (Wildman–Crippen LogP) is 1.76. The van der Waals surface area contributed by atoms with Crippen LogP contribution in [-0.4, -0.2) is 41.2 Å². The van der Waals surface area contributed by atoms with Crippen molar-refractivity contribution in [1.82, 2.24) is 9.78 Å². The zero-order valence-electron chi connectivity index (χ0n) is 16.4. The smallest absolute Gasteiger partial charge is 0.294 e. The highest BCUT2D eigenvalue weighted by molar-refractivity contribution is 7.85. The molecule has 0 spiro atoms. The van der Waals surface area contributed by atoms with Crippen LogP contribution >= 0.6 is 0 Å². The van der Waals surface area contributed by atoms with Crippen molar-refractivity contribution >= 4 is 27.6 Å². The third-order valence-electron chi connectivity index (χ3n) is 4.03. The van der Waals surface area contributed by atoms with Gasteiger partial charge in [-0.1, -0.05) is 20.3 Å². The van der Waals surface area contributed by atoms with E-state index in [9.17, 15) is 22.6 Å². The standard InChI is InChI=1S/C18H24N4O6S/c1-4-6-13-15(16(17(19)23)22(3)21-13)20-18(24)12-10-11(29(25,26)27)7-8-14(12)28-9-5-2/h7-8,10H,4-6,9H2,1-3H3,(H2,19,23)(H,20,24)(H,25,26,27). The molecule has 0 unspecified atom stereocenters. The van der Waals surface area contributed by atoms with E-state index in [0.29, 0.717) is 31.6 Å². The highest BCUT2D eigenvalue weighted by atomic mass is 32.2. The van der Waals surface area contributed by atoms with Gasteiger partial charge in [-0.3, -0.25) is 18.8 Å². The van der Waals surface area contributed by atoms with Gasteiger partial charge in [0.05, 0.1) is 28.4 Å². The minimum Gasteiger partial charge on any atom is -0.493 e. The van der Waals surface area contributed by atoms with Gasteiger partial charge in [0.15, 0.2) is 0 Å². The lowest BCUT2D eigenvalue weighted by Crippen LogP contribution is -2.21. The van der Waals surface area contributed by atoms with Crippen molar-refractivity contribution < 1.29 is 27.3 Å². The number of primary amides is 1. The molecule has 0 fully saturated rings. The van der Waals surface area contributed by atoms with Gasteiger partial charge in [-0.15, -0.1) is 0 Å². The largest absolute Gasteiger partial charge is 0.493 e. The summed E-state index contributed by atoms with van der Waals surface area (Å²) in [4.78, 5) is 24.3. The first-order valence-corrected chi connectivity index (χ1v) is 10.5. The van der Waals surface area contributed by atoms with Crippen LogP contribution in [0.25, 0.3) is 0 Å². The number of nitrogens with zero attached hydrogens (tertiary/aromatic N) is 2. The Morgan fingerprint density at radius 3 is 2.52 bits per heavy atom. The average molecular weight is 424 g/mol. The summed E-state index contributed by atoms with van der Waals surface area (Å²) in [6.07, 6.45) is 1.86. The van der Waals surface area contributed by atoms with Crippen molar-refractivity contribution in [2.45, 2.75) is 38.0 Å². The molecule has 1 heterocycles. The fourth-order valence-electron chi connectivity index (χ4n) is 2.77. The number of nitrogens with two attached hydrogens (primary N) is 1. The van der Waals surface area contributed by atoms with Crippen LogP contribution in [0, 0.1) is 0 Å². The minimum absolute atomic E-state index is 0.0174. The highest BCUT2D eigenvalue weighted by Gasteiger charge is 2.24. The highest BCUT2D eigenvalue weighted by Crippen LogP contribution is 2.27. The number of rotatable bonds is 9. The number of carbonyl (C=O) groups excluding carboxylic acids is 2. The summed E-state index contributed by atoms with van der Waals surface area (Å²) in [5.74, 6) is -1.36. The number of aryl methyl sites for hydroxylation is 2. The van der Waals surface area contributed by atoms with E-state index in [-0.39, 0.29) is 22.7 Å². The number of carbonyl (C=O) groups is 2. The van der Waals surface area contributed by atoms with Crippen LogP contribution in [0.1, 0.15) is 53.2 Å². The summed E-state index contributed by atoms with van der Waals surface area (Å²) in [5.41, 5.74) is 5.96. The van der Waals surface area contributed by atoms with Gasteiger partial charge in [0.25, 0.3) is 21.9 Å². The Balaban J connectivity index is 2.53. The lowest BCUT2D eigenvalue weighted by molar-refractivity contribution is 0.0992. The molecular formula is C18H24N4O6S. The lowest BCUT2D eigenvalue weighted by atomic mass is 10.1. The van der Waals surface area contributed by atoms with Gasteiger partial charge in [0.1, 0.15) is 11.4 Å². The maximum Gasteiger partial charge on any atom is 0.294 e. The van der Waals surface area contributed by atoms with Gasteiger partial charge >= 0.3 is 0 Å². The van der Waals surface area contributed by atoms with Crippen molar-refractivity contribution in [2.24, 2.45) is 12.8 Å². The SMILES string of the molecule is CCCOc1ccc(S(=O)(=O)O)cc1C(=O)Nc1c(CCC)nn(C)c1C(N)=O. The van der Waals surface area contributed by atoms with Crippen LogP contribution in [-0.2, 0) is 23.6 Å². The fourth-order valence-corrected chi connectivity index (χ4v) is 3.28. The number of aromatic nitrogens is 2. The number of benzene rings is 1. The summed E-state index contributed by atoms with van der Waals surface area (Å²) < 4.78 is 39.1. The Morgan fingerprint density at radius 1 is 1.28 bits per heavy atom. The van der Waals surface area contributed by atoms with E-state index < -0.39 is 26.8 Å². The number of hydrogen-bond acceptors (Lipinski definition) is 6. The maximum absolute atomic E-state index is 13.0. The molecule has 0 saturated carbocycles. The molecule has 10 nitrogen and oxygen atoms in total. The van der Waals surface area contributed by atoms with E-state index in [1.54, 1.807) is 0 Å². The number of ether oxygens (including phenoxy) is 1. The summed E-state index contributed by atoms with van der Waals surface area (Å²) in [7, 11) is -3.00. The minimum atomic E-state index is -4.53. The van der Waals surface area contributed by atoms with E-state index in [1.807, 2.05) is 13.8 Å². The molecule has 2 aromatic rings. The quantitative estimate of drug-likeness (QED) is 0.518. The molecule has 1 aromatic heterocycles. The van der Waals surface area contributed by atoms with Gasteiger partial charge < -0.3 is 15.8 Å². The van der Waals surface area contributed by atoms with E-state index in [0.717, 1.165) is 12.1 Å². The molecular weight excluding hydrogens is 400 g/mol. The Morgan fingerprint density at radius 2 is 1.97 bits per heavy atom. The summed E-state index contributed by atoms with van der Waals surface area (Å²) in [5, 5.41) is 6.83. The number of nitrogens with one attached hydrogen (secondary N) is 1. The first-order chi connectivity index (χ1) is 13.6. The molecule has 0 atom stereocenters. The molecule has 0 bridgehead atoms. The second kappa shape index (κ2) is 9.05. The molecule has 11 heteroatoms. The normalized spacial score (nSPS) is 11.3. The molecule has 2 amide bonds. The molecule has 0 aliphatic heterocycles. The summed E-state index contributed by atoms with van der Waals surface area (Å²) >= 11 is 0. The zero-order chi connectivity index (χ0) is 21.8. The van der Waals surface area contributed by atoms with Crippen LogP contribution in [0.3, 0.4) is 0 Å². The van der Waals surface area contributed by atoms with E-state index in [4.69, 9.17) is 10.5 Å². The average Bonchev–Trinajstić information content (AvgIpc) is 2.94. The van der Waals surface area contributed by atoms with Crippen LogP contribution in [0.15, 0.2) is 23.1 Å². The first-order valence-electron chi connectivity index (χ1n) is 9.01. The first kappa shape index (κ1) is 22.4. The Hall–Kier alpha value is -2.92. The molecule has 2 rings (SSSR count). The van der Waals surface area contributed by atoms with E-state index in [2.05, 4.69) is 10.4 Å². The number of hydrogen-bond donors (Lipinski definition) is 3. The Bertz CT molecular complexity index is 1030. The van der Waals surface area contributed by atoms with Gasteiger partial charge in [0.2, 0.25) is 0 Å². The van der Waals surface area contributed by atoms with Gasteiger partial charge in [-0.05, 0) is 31.0 Å². The predicted molar refractivity (Wildman–Crippen MR) is 106 cm³/mol. The second-order valence-corrected chi connectivity index (χ2v) is 7.77. The fraction of sp³-hybridized carbons (Fsp3) is 0.389. The molecule has 0 radical (unpaired) electrons. The topological polar surface area (TPSA) is 154 Å². The summed E-state index contributed by atoms with van der Waals surface area (Å²) in [6, 6.07) is 3.44. The van der Waals surface area contributed by atoms with Crippen molar-refractivity contribution in [2.75, 3.05) is 11.9 Å². The molecule has 0 saturated heterocycles. The molecule has 0 aliphatic carbocycles. The Kier molecular flexibility index (Phi) is 6.98. The van der Waals surface area contributed by atoms with Crippen LogP contribution < -0.4 is 15.8 Å². The van der Waals surface area contributed by atoms with Crippen molar-refractivity contribution in [3.8, 4) is 5.75 Å². The Labute approximate surface area is 168 Å². The van der Waals surface area contributed by atoms with Gasteiger partial charge in [-0.2, -0.15) is 13.5 Å². The van der Waals surface area contributed by atoms with Crippen LogP contribution in [0.4, 0.5) is 5.69 Å². The third-order valence-corrected chi connectivity index (χ3v) is 4.88. The molecule has 4 N–H and O–H groups in total. The third kappa shape index (κ3) is 5.12. The van der Waals surface area contributed by atoms with Crippen molar-refractivity contribution in [1.29, 1.82) is 0 Å². The van der Waals surface area contributed by atoms with E-state index >= 15 is 0 Å². The van der Waals surface area contributed by atoms with Crippen LogP contribution in [0.5, 0.6) is 5.75 Å². The molecule has 29 heavy (non-hydrogen) atoms. The summed E-state index contributed by atoms with van der Waals surface area (Å²) in [6.45, 7) is 4.08. The number of anilines is 1. The van der Waals surface area contributed by atoms with E-state index in [1.165, 1.54) is 17.8 Å². The maximum atomic E-state index is 13.0. The van der Waals surface area contributed by atoms with Gasteiger partial charge in [0, 0.05) is 7.05 Å². The molecule has 1 aromatic carbocycles. The second-order valence-electron chi connectivity index (χ2n) is 6.34. The monoisotopic (exact) mass is 424 g/mol. The van der Waals surface area contributed by atoms with Gasteiger partial charge in [-0.25, -0.2) is 0 Å². The van der Waals surface area contributed by atoms with Crippen molar-refractivity contribution in [3.63, 3.8) is 0 Å². The molecule has 158 valence electrons. The molecule has 0 aliphatic rings. The van der Waals surface area contributed by atoms with Crippen LogP contribution in [0.2, 0.25) is 0 Å². The number of amides is 2. The van der Waals surface area contributed by atoms with Crippen molar-refractivity contribution in [3.05, 3.63) is 35.2 Å².